The standard InChI is InChI=1S/C19H22ClFN2O2/c1-22-12-6-7-13(22)11-14(10-12)25-19(24)17-15-4-2-3-5-16(15)23(9-8-21)18(17)20/h2-5,12-14H,6-11H2,1H3/t12-,13+,14?. The van der Waals surface area contributed by atoms with Gasteiger partial charge in [-0.2, -0.15) is 0 Å². The zero-order chi connectivity index (χ0) is 17.6. The maximum Gasteiger partial charge on any atom is 0.342 e. The van der Waals surface area contributed by atoms with E-state index < -0.39 is 12.6 Å². The third kappa shape index (κ3) is 2.83. The fourth-order valence-electron chi connectivity index (χ4n) is 4.44. The van der Waals surface area contributed by atoms with Crippen LogP contribution in [0.2, 0.25) is 5.15 Å². The molecule has 25 heavy (non-hydrogen) atoms. The summed E-state index contributed by atoms with van der Waals surface area (Å²) in [5.74, 6) is -0.396. The number of hydrogen-bond donors (Lipinski definition) is 0. The van der Waals surface area contributed by atoms with Crippen LogP contribution in [0.25, 0.3) is 10.9 Å². The number of aryl methyl sites for hydroxylation is 1. The normalized spacial score (nSPS) is 26.3. The lowest BCUT2D eigenvalue weighted by molar-refractivity contribution is -0.000268. The number of piperidine rings is 1. The lowest BCUT2D eigenvalue weighted by Gasteiger charge is -2.35. The van der Waals surface area contributed by atoms with Crippen molar-refractivity contribution in [2.24, 2.45) is 0 Å². The molecule has 0 amide bonds. The van der Waals surface area contributed by atoms with Crippen LogP contribution >= 0.6 is 11.6 Å². The van der Waals surface area contributed by atoms with E-state index in [9.17, 15) is 9.18 Å². The Balaban J connectivity index is 1.61. The van der Waals surface area contributed by atoms with Crippen LogP contribution in [-0.4, -0.2) is 47.3 Å². The van der Waals surface area contributed by atoms with Crippen LogP contribution in [0, 0.1) is 0 Å². The number of fused-ring (bicyclic) bond motifs is 3. The van der Waals surface area contributed by atoms with E-state index in [1.807, 2.05) is 24.3 Å². The van der Waals surface area contributed by atoms with Crippen molar-refractivity contribution in [2.75, 3.05) is 13.7 Å². The van der Waals surface area contributed by atoms with Gasteiger partial charge in [-0.15, -0.1) is 0 Å². The number of carbonyl (C=O) groups is 1. The molecular weight excluding hydrogens is 343 g/mol. The highest BCUT2D eigenvalue weighted by Crippen LogP contribution is 2.37. The summed E-state index contributed by atoms with van der Waals surface area (Å²) in [6, 6.07) is 8.40. The SMILES string of the molecule is CN1[C@@H]2CC[C@H]1CC(OC(=O)c1c(Cl)n(CCF)c3ccccc13)C2. The lowest BCUT2D eigenvalue weighted by atomic mass is 10.0. The highest BCUT2D eigenvalue weighted by Gasteiger charge is 2.40. The van der Waals surface area contributed by atoms with Gasteiger partial charge in [-0.25, -0.2) is 9.18 Å². The summed E-state index contributed by atoms with van der Waals surface area (Å²) in [7, 11) is 2.15. The number of nitrogens with zero attached hydrogens (tertiary/aromatic N) is 2. The average Bonchev–Trinajstić information content (AvgIpc) is 2.97. The minimum atomic E-state index is -0.537. The Bertz CT molecular complexity index is 792. The first kappa shape index (κ1) is 16.9. The topological polar surface area (TPSA) is 34.5 Å². The molecule has 2 aromatic rings. The van der Waals surface area contributed by atoms with Crippen LogP contribution in [0.5, 0.6) is 0 Å². The Kier molecular flexibility index (Phi) is 4.46. The van der Waals surface area contributed by atoms with Crippen molar-refractivity contribution in [3.8, 4) is 0 Å². The van der Waals surface area contributed by atoms with Crippen LogP contribution in [0.1, 0.15) is 36.0 Å². The molecule has 1 aromatic carbocycles. The number of ether oxygens (including phenoxy) is 1. The van der Waals surface area contributed by atoms with Crippen molar-refractivity contribution in [2.45, 2.75) is 50.4 Å². The third-order valence-electron chi connectivity index (χ3n) is 5.75. The molecule has 2 fully saturated rings. The number of esters is 1. The van der Waals surface area contributed by atoms with E-state index in [-0.39, 0.29) is 17.8 Å². The molecule has 4 rings (SSSR count). The van der Waals surface area contributed by atoms with Gasteiger partial charge in [0, 0.05) is 30.3 Å². The van der Waals surface area contributed by atoms with E-state index in [1.165, 1.54) is 12.8 Å². The fraction of sp³-hybridized carbons (Fsp3) is 0.526. The Morgan fingerprint density at radius 2 is 1.96 bits per heavy atom. The molecule has 3 heterocycles. The fourth-order valence-corrected chi connectivity index (χ4v) is 4.79. The maximum absolute atomic E-state index is 12.9. The first-order chi connectivity index (χ1) is 12.1. The number of alkyl halides is 1. The number of hydrogen-bond acceptors (Lipinski definition) is 3. The van der Waals surface area contributed by atoms with E-state index >= 15 is 0 Å². The number of para-hydroxylation sites is 1. The second kappa shape index (κ2) is 6.61. The van der Waals surface area contributed by atoms with Gasteiger partial charge < -0.3 is 14.2 Å². The number of carbonyl (C=O) groups excluding carboxylic acids is 1. The molecular formula is C19H22ClFN2O2. The third-order valence-corrected chi connectivity index (χ3v) is 6.14. The van der Waals surface area contributed by atoms with Crippen LogP contribution in [0.3, 0.4) is 0 Å². The van der Waals surface area contributed by atoms with Gasteiger partial charge in [-0.1, -0.05) is 29.8 Å². The largest absolute Gasteiger partial charge is 0.459 e. The highest BCUT2D eigenvalue weighted by molar-refractivity contribution is 6.35. The zero-order valence-corrected chi connectivity index (χ0v) is 15.0. The van der Waals surface area contributed by atoms with E-state index in [0.29, 0.717) is 17.6 Å². The summed E-state index contributed by atoms with van der Waals surface area (Å²) in [6.45, 7) is -0.407. The van der Waals surface area contributed by atoms with Gasteiger partial charge in [0.1, 0.15) is 23.5 Å². The molecule has 0 radical (unpaired) electrons. The van der Waals surface area contributed by atoms with Crippen LogP contribution in [-0.2, 0) is 11.3 Å². The molecule has 0 spiro atoms. The quantitative estimate of drug-likeness (QED) is 0.768. The van der Waals surface area contributed by atoms with Crippen molar-refractivity contribution >= 4 is 28.5 Å². The van der Waals surface area contributed by atoms with Crippen molar-refractivity contribution in [1.29, 1.82) is 0 Å². The first-order valence-corrected chi connectivity index (χ1v) is 9.23. The Hall–Kier alpha value is -1.59. The molecule has 1 aromatic heterocycles. The second-order valence-electron chi connectivity index (χ2n) is 7.07. The predicted molar refractivity (Wildman–Crippen MR) is 95.9 cm³/mol. The minimum Gasteiger partial charge on any atom is -0.459 e. The minimum absolute atomic E-state index is 0.0689. The van der Waals surface area contributed by atoms with Gasteiger partial charge >= 0.3 is 5.97 Å². The van der Waals surface area contributed by atoms with E-state index in [0.717, 1.165) is 23.7 Å². The molecule has 3 atom stereocenters. The lowest BCUT2D eigenvalue weighted by Crippen LogP contribution is -2.43. The molecule has 1 unspecified atom stereocenters. The van der Waals surface area contributed by atoms with Gasteiger partial charge in [0.05, 0.1) is 12.1 Å². The number of halogens is 2. The van der Waals surface area contributed by atoms with Crippen LogP contribution < -0.4 is 0 Å². The monoisotopic (exact) mass is 364 g/mol. The smallest absolute Gasteiger partial charge is 0.342 e. The maximum atomic E-state index is 12.9. The van der Waals surface area contributed by atoms with Gasteiger partial charge in [0.15, 0.2) is 0 Å². The van der Waals surface area contributed by atoms with E-state index in [4.69, 9.17) is 16.3 Å². The van der Waals surface area contributed by atoms with Crippen molar-refractivity contribution in [1.82, 2.24) is 9.47 Å². The molecule has 4 nitrogen and oxygen atoms in total. The molecule has 0 saturated carbocycles. The highest BCUT2D eigenvalue weighted by atomic mass is 35.5. The molecule has 6 heteroatoms. The second-order valence-corrected chi connectivity index (χ2v) is 7.43. The van der Waals surface area contributed by atoms with Crippen molar-refractivity contribution < 1.29 is 13.9 Å². The molecule has 2 bridgehead atoms. The summed E-state index contributed by atoms with van der Waals surface area (Å²) in [5.41, 5.74) is 1.12. The molecule has 0 aliphatic carbocycles. The van der Waals surface area contributed by atoms with Gasteiger partial charge in [-0.3, -0.25) is 0 Å². The van der Waals surface area contributed by atoms with Crippen molar-refractivity contribution in [3.63, 3.8) is 0 Å². The number of rotatable bonds is 4. The molecule has 0 N–H and O–H groups in total. The van der Waals surface area contributed by atoms with E-state index in [1.54, 1.807) is 4.57 Å². The number of benzene rings is 1. The predicted octanol–water partition coefficient (Wildman–Crippen LogP) is 4.05. The Morgan fingerprint density at radius 3 is 2.64 bits per heavy atom. The molecule has 2 aliphatic rings. The molecule has 2 saturated heterocycles. The zero-order valence-electron chi connectivity index (χ0n) is 14.3. The van der Waals surface area contributed by atoms with Crippen LogP contribution in [0.15, 0.2) is 24.3 Å². The summed E-state index contributed by atoms with van der Waals surface area (Å²) < 4.78 is 20.4. The van der Waals surface area contributed by atoms with Crippen molar-refractivity contribution in [3.05, 3.63) is 35.0 Å². The van der Waals surface area contributed by atoms with Crippen LogP contribution in [0.4, 0.5) is 4.39 Å². The summed E-state index contributed by atoms with van der Waals surface area (Å²) in [5, 5.41) is 0.988. The molecule has 2 aliphatic heterocycles. The van der Waals surface area contributed by atoms with Gasteiger partial charge in [0.25, 0.3) is 0 Å². The summed E-state index contributed by atoms with van der Waals surface area (Å²) in [6.07, 6.45) is 4.02. The molecule has 134 valence electrons. The first-order valence-electron chi connectivity index (χ1n) is 8.85. The van der Waals surface area contributed by atoms with Gasteiger partial charge in [-0.05, 0) is 26.0 Å². The van der Waals surface area contributed by atoms with Gasteiger partial charge in [0.2, 0.25) is 0 Å². The summed E-state index contributed by atoms with van der Waals surface area (Å²) in [4.78, 5) is 15.3. The average molecular weight is 365 g/mol. The number of aromatic nitrogens is 1. The Labute approximate surface area is 151 Å². The van der Waals surface area contributed by atoms with E-state index in [2.05, 4.69) is 11.9 Å². The Morgan fingerprint density at radius 1 is 1.28 bits per heavy atom. The summed E-state index contributed by atoms with van der Waals surface area (Å²) >= 11 is 6.42.